The fourth-order valence-corrected chi connectivity index (χ4v) is 4.79. The van der Waals surface area contributed by atoms with Crippen molar-refractivity contribution < 1.29 is 0 Å². The first-order valence-electron chi connectivity index (χ1n) is 9.66. The van der Waals surface area contributed by atoms with Gasteiger partial charge in [0, 0.05) is 22.2 Å². The van der Waals surface area contributed by atoms with Gasteiger partial charge in [-0.3, -0.25) is 4.79 Å². The third-order valence-electron chi connectivity index (χ3n) is 4.94. The molecule has 0 fully saturated rings. The predicted octanol–water partition coefficient (Wildman–Crippen LogP) is 5.88. The van der Waals surface area contributed by atoms with Crippen molar-refractivity contribution in [2.75, 3.05) is 0 Å². The smallest absolute Gasteiger partial charge is 0.260 e. The predicted molar refractivity (Wildman–Crippen MR) is 128 cm³/mol. The number of halogens is 1. The molecule has 0 amide bonds. The van der Waals surface area contributed by atoms with Crippen LogP contribution in [0.5, 0.6) is 0 Å². The van der Waals surface area contributed by atoms with Gasteiger partial charge in [-0.2, -0.15) is 5.10 Å². The van der Waals surface area contributed by atoms with E-state index in [1.165, 1.54) is 11.3 Å². The number of fused-ring (bicyclic) bond motifs is 1. The Morgan fingerprint density at radius 1 is 1.10 bits per heavy atom. The van der Waals surface area contributed by atoms with E-state index in [2.05, 4.69) is 15.1 Å². The van der Waals surface area contributed by atoms with Crippen LogP contribution in [0.4, 0.5) is 0 Å². The van der Waals surface area contributed by atoms with E-state index >= 15 is 0 Å². The van der Waals surface area contributed by atoms with E-state index in [1.54, 1.807) is 17.0 Å². The SMILES string of the molecule is Cc1sc2nc(/C(Cl)=C/c3cnn(-c4ccccc4)c3)[nH]c(=O)c2c1-c1ccccc1. The molecule has 0 aliphatic carbocycles. The van der Waals surface area contributed by atoms with Gasteiger partial charge in [0.1, 0.15) is 4.83 Å². The van der Waals surface area contributed by atoms with Crippen molar-refractivity contribution in [2.45, 2.75) is 6.92 Å². The molecular weight excluding hydrogens is 428 g/mol. The van der Waals surface area contributed by atoms with E-state index in [0.717, 1.165) is 27.3 Å². The Kier molecular flexibility index (Phi) is 5.02. The lowest BCUT2D eigenvalue weighted by molar-refractivity contribution is 0.880. The second kappa shape index (κ2) is 7.98. The number of aromatic nitrogens is 4. The molecule has 0 atom stereocenters. The van der Waals surface area contributed by atoms with Gasteiger partial charge in [-0.1, -0.05) is 60.1 Å². The van der Waals surface area contributed by atoms with Crippen LogP contribution in [0.3, 0.4) is 0 Å². The molecule has 5 nitrogen and oxygen atoms in total. The molecule has 2 aromatic carbocycles. The van der Waals surface area contributed by atoms with Crippen molar-refractivity contribution in [1.29, 1.82) is 0 Å². The number of H-pyrrole nitrogens is 1. The number of aryl methyl sites for hydroxylation is 1. The van der Waals surface area contributed by atoms with Gasteiger partial charge in [0.2, 0.25) is 0 Å². The quantitative estimate of drug-likeness (QED) is 0.376. The highest BCUT2D eigenvalue weighted by atomic mass is 35.5. The average molecular weight is 445 g/mol. The molecule has 31 heavy (non-hydrogen) atoms. The summed E-state index contributed by atoms with van der Waals surface area (Å²) in [4.78, 5) is 22.2. The second-order valence-electron chi connectivity index (χ2n) is 7.04. The molecule has 0 saturated carbocycles. The van der Waals surface area contributed by atoms with E-state index in [0.29, 0.717) is 21.1 Å². The summed E-state index contributed by atoms with van der Waals surface area (Å²) in [6.07, 6.45) is 5.34. The summed E-state index contributed by atoms with van der Waals surface area (Å²) in [5.41, 5.74) is 3.48. The van der Waals surface area contributed by atoms with Crippen molar-refractivity contribution in [2.24, 2.45) is 0 Å². The van der Waals surface area contributed by atoms with Crippen LogP contribution in [-0.4, -0.2) is 19.7 Å². The summed E-state index contributed by atoms with van der Waals surface area (Å²) in [6, 6.07) is 19.7. The zero-order valence-electron chi connectivity index (χ0n) is 16.5. The van der Waals surface area contributed by atoms with Crippen LogP contribution < -0.4 is 5.56 Å². The molecule has 0 spiro atoms. The van der Waals surface area contributed by atoms with E-state index < -0.39 is 0 Å². The summed E-state index contributed by atoms with van der Waals surface area (Å²) in [5, 5.41) is 5.31. The maximum Gasteiger partial charge on any atom is 0.260 e. The standard InChI is InChI=1S/C24H17ClN4OS/c1-15-20(17-8-4-2-5-9-17)21-23(30)27-22(28-24(21)31-15)19(25)12-16-13-26-29(14-16)18-10-6-3-7-11-18/h2-14H,1H3,(H,27,28,30)/b19-12-. The fraction of sp³-hybridized carbons (Fsp3) is 0.0417. The van der Waals surface area contributed by atoms with Gasteiger partial charge in [-0.15, -0.1) is 11.3 Å². The Morgan fingerprint density at radius 2 is 1.81 bits per heavy atom. The molecule has 0 bridgehead atoms. The van der Waals surface area contributed by atoms with E-state index in [9.17, 15) is 4.79 Å². The van der Waals surface area contributed by atoms with E-state index in [1.807, 2.05) is 73.8 Å². The highest BCUT2D eigenvalue weighted by molar-refractivity contribution is 7.19. The zero-order chi connectivity index (χ0) is 21.4. The first-order valence-corrected chi connectivity index (χ1v) is 10.9. The summed E-state index contributed by atoms with van der Waals surface area (Å²) >= 11 is 8.02. The molecule has 0 saturated heterocycles. The van der Waals surface area contributed by atoms with E-state index in [4.69, 9.17) is 11.6 Å². The number of para-hydroxylation sites is 1. The van der Waals surface area contributed by atoms with Crippen LogP contribution in [0.1, 0.15) is 16.3 Å². The van der Waals surface area contributed by atoms with Crippen molar-refractivity contribution in [1.82, 2.24) is 19.7 Å². The van der Waals surface area contributed by atoms with Gasteiger partial charge >= 0.3 is 0 Å². The molecule has 3 heterocycles. The van der Waals surface area contributed by atoms with Gasteiger partial charge in [0.15, 0.2) is 5.82 Å². The first kappa shape index (κ1) is 19.5. The molecule has 3 aromatic heterocycles. The number of hydrogen-bond donors (Lipinski definition) is 1. The van der Waals surface area contributed by atoms with Gasteiger partial charge in [-0.25, -0.2) is 9.67 Å². The average Bonchev–Trinajstić information content (AvgIpc) is 3.39. The second-order valence-corrected chi connectivity index (χ2v) is 8.65. The Morgan fingerprint density at radius 3 is 2.55 bits per heavy atom. The number of thiophene rings is 1. The lowest BCUT2D eigenvalue weighted by Gasteiger charge is -2.02. The molecule has 0 unspecified atom stereocenters. The molecular formula is C24H17ClN4OS. The Labute approximate surface area is 187 Å². The molecule has 0 radical (unpaired) electrons. The molecule has 152 valence electrons. The fourth-order valence-electron chi connectivity index (χ4n) is 3.53. The molecule has 0 aliphatic rings. The Hall–Kier alpha value is -3.48. The number of benzene rings is 2. The highest BCUT2D eigenvalue weighted by Gasteiger charge is 2.17. The minimum absolute atomic E-state index is 0.199. The summed E-state index contributed by atoms with van der Waals surface area (Å²) in [5.74, 6) is 0.340. The topological polar surface area (TPSA) is 63.6 Å². The van der Waals surface area contributed by atoms with Crippen molar-refractivity contribution in [3.63, 3.8) is 0 Å². The van der Waals surface area contributed by atoms with Gasteiger partial charge in [-0.05, 0) is 30.7 Å². The third kappa shape index (κ3) is 3.71. The maximum atomic E-state index is 13.0. The van der Waals surface area contributed by atoms with E-state index in [-0.39, 0.29) is 5.56 Å². The lowest BCUT2D eigenvalue weighted by Crippen LogP contribution is -2.10. The van der Waals surface area contributed by atoms with Gasteiger partial charge < -0.3 is 4.98 Å². The summed E-state index contributed by atoms with van der Waals surface area (Å²) < 4.78 is 1.77. The highest BCUT2D eigenvalue weighted by Crippen LogP contribution is 2.36. The first-order chi connectivity index (χ1) is 15.1. The molecule has 5 rings (SSSR count). The van der Waals surface area contributed by atoms with Crippen LogP contribution in [0.2, 0.25) is 0 Å². The summed E-state index contributed by atoms with van der Waals surface area (Å²) in [6.45, 7) is 2.00. The molecule has 7 heteroatoms. The third-order valence-corrected chi connectivity index (χ3v) is 6.23. The minimum atomic E-state index is -0.199. The largest absolute Gasteiger partial charge is 0.305 e. The van der Waals surface area contributed by atoms with Gasteiger partial charge in [0.25, 0.3) is 5.56 Å². The zero-order valence-corrected chi connectivity index (χ0v) is 18.1. The van der Waals surface area contributed by atoms with Gasteiger partial charge in [0.05, 0.1) is 22.3 Å². The van der Waals surface area contributed by atoms with Crippen molar-refractivity contribution in [3.8, 4) is 16.8 Å². The van der Waals surface area contributed by atoms with Crippen LogP contribution in [0.15, 0.2) is 77.9 Å². The maximum absolute atomic E-state index is 13.0. The number of aromatic amines is 1. The minimum Gasteiger partial charge on any atom is -0.305 e. The molecule has 5 aromatic rings. The van der Waals surface area contributed by atoms with Crippen LogP contribution in [0, 0.1) is 6.92 Å². The normalized spacial score (nSPS) is 11.9. The van der Waals surface area contributed by atoms with Crippen molar-refractivity contribution in [3.05, 3.63) is 99.7 Å². The number of nitrogens with one attached hydrogen (secondary N) is 1. The Bertz CT molecular complexity index is 1470. The van der Waals surface area contributed by atoms with Crippen LogP contribution >= 0.6 is 22.9 Å². The van der Waals surface area contributed by atoms with Crippen LogP contribution in [0.25, 0.3) is 38.1 Å². The van der Waals surface area contributed by atoms with Crippen LogP contribution in [-0.2, 0) is 0 Å². The lowest BCUT2D eigenvalue weighted by atomic mass is 10.0. The number of rotatable bonds is 4. The molecule has 0 aliphatic heterocycles. The number of hydrogen-bond acceptors (Lipinski definition) is 4. The Balaban J connectivity index is 1.54. The summed E-state index contributed by atoms with van der Waals surface area (Å²) in [7, 11) is 0. The molecule has 1 N–H and O–H groups in total. The van der Waals surface area contributed by atoms with Crippen molar-refractivity contribution >= 4 is 44.3 Å². The number of nitrogens with zero attached hydrogens (tertiary/aromatic N) is 3. The monoisotopic (exact) mass is 444 g/mol.